The molecule has 0 aromatic heterocycles. The summed E-state index contributed by atoms with van der Waals surface area (Å²) >= 11 is 0. The first kappa shape index (κ1) is 18.5. The number of rotatable bonds is 4. The third kappa shape index (κ3) is 3.87. The summed E-state index contributed by atoms with van der Waals surface area (Å²) in [6, 6.07) is 21.7. The minimum Gasteiger partial charge on any atom is -0.493 e. The Morgan fingerprint density at radius 2 is 1.50 bits per heavy atom. The third-order valence-electron chi connectivity index (χ3n) is 5.37. The van der Waals surface area contributed by atoms with E-state index in [4.69, 9.17) is 4.74 Å². The fraction of sp³-hybridized carbons (Fsp3) is 0.231. The van der Waals surface area contributed by atoms with E-state index in [-0.39, 0.29) is 5.82 Å². The van der Waals surface area contributed by atoms with Crippen molar-refractivity contribution in [3.8, 4) is 22.3 Å². The monoisotopic (exact) mass is 372 g/mol. The van der Waals surface area contributed by atoms with Gasteiger partial charge in [-0.05, 0) is 53.2 Å². The molecule has 1 aliphatic heterocycles. The maximum Gasteiger partial charge on any atom is 0.131 e. The van der Waals surface area contributed by atoms with Gasteiger partial charge < -0.3 is 4.74 Å². The van der Waals surface area contributed by atoms with Crippen LogP contribution in [-0.2, 0) is 11.2 Å². The fourth-order valence-corrected chi connectivity index (χ4v) is 3.54. The van der Waals surface area contributed by atoms with E-state index >= 15 is 0 Å². The Bertz CT molecular complexity index is 984. The summed E-state index contributed by atoms with van der Waals surface area (Å²) in [6.07, 6.45) is 4.18. The molecule has 1 nitrogen and oxygen atoms in total. The Hall–Kier alpha value is -2.87. The first-order chi connectivity index (χ1) is 13.6. The van der Waals surface area contributed by atoms with E-state index in [0.717, 1.165) is 47.5 Å². The van der Waals surface area contributed by atoms with Crippen molar-refractivity contribution in [1.29, 1.82) is 0 Å². The number of allylic oxidation sites excluding steroid dienone is 1. The molecule has 0 aliphatic carbocycles. The second-order valence-corrected chi connectivity index (χ2v) is 7.54. The number of ether oxygens (including phenoxy) is 1. The van der Waals surface area contributed by atoms with Crippen molar-refractivity contribution in [1.82, 2.24) is 0 Å². The van der Waals surface area contributed by atoms with Gasteiger partial charge in [-0.15, -0.1) is 0 Å². The van der Waals surface area contributed by atoms with Crippen molar-refractivity contribution in [2.45, 2.75) is 26.7 Å². The van der Waals surface area contributed by atoms with E-state index in [1.54, 1.807) is 6.07 Å². The smallest absolute Gasteiger partial charge is 0.131 e. The Kier molecular flexibility index (Phi) is 5.29. The first-order valence-corrected chi connectivity index (χ1v) is 9.96. The van der Waals surface area contributed by atoms with Gasteiger partial charge in [-0.2, -0.15) is 0 Å². The minimum atomic E-state index is -0.196. The molecule has 1 heterocycles. The summed E-state index contributed by atoms with van der Waals surface area (Å²) in [4.78, 5) is 0. The van der Waals surface area contributed by atoms with E-state index in [1.807, 2.05) is 48.5 Å². The predicted molar refractivity (Wildman–Crippen MR) is 114 cm³/mol. The van der Waals surface area contributed by atoms with Crippen LogP contribution in [0.3, 0.4) is 0 Å². The Morgan fingerprint density at radius 1 is 0.857 bits per heavy atom. The molecule has 4 rings (SSSR count). The van der Waals surface area contributed by atoms with Gasteiger partial charge in [-0.3, -0.25) is 0 Å². The molecule has 3 aromatic rings. The summed E-state index contributed by atoms with van der Waals surface area (Å²) in [5.74, 6) is 1.32. The lowest BCUT2D eigenvalue weighted by molar-refractivity contribution is 0.211. The summed E-state index contributed by atoms with van der Waals surface area (Å²) < 4.78 is 20.6. The van der Waals surface area contributed by atoms with Crippen molar-refractivity contribution in [2.24, 2.45) is 5.92 Å². The van der Waals surface area contributed by atoms with E-state index in [9.17, 15) is 4.39 Å². The van der Waals surface area contributed by atoms with Gasteiger partial charge in [-0.25, -0.2) is 4.39 Å². The maximum atomic E-state index is 14.8. The van der Waals surface area contributed by atoms with Crippen LogP contribution >= 0.6 is 0 Å². The second-order valence-electron chi connectivity index (χ2n) is 7.54. The van der Waals surface area contributed by atoms with Crippen LogP contribution in [0.4, 0.5) is 4.39 Å². The Morgan fingerprint density at radius 3 is 2.11 bits per heavy atom. The minimum absolute atomic E-state index is 0.196. The third-order valence-corrected chi connectivity index (χ3v) is 5.37. The highest BCUT2D eigenvalue weighted by atomic mass is 19.1. The molecule has 0 N–H and O–H groups in total. The molecule has 3 aromatic carbocycles. The van der Waals surface area contributed by atoms with Crippen molar-refractivity contribution < 1.29 is 9.13 Å². The molecule has 0 amide bonds. The molecule has 0 saturated carbocycles. The quantitative estimate of drug-likeness (QED) is 0.474. The zero-order valence-electron chi connectivity index (χ0n) is 16.4. The van der Waals surface area contributed by atoms with Gasteiger partial charge >= 0.3 is 0 Å². The summed E-state index contributed by atoms with van der Waals surface area (Å²) in [6.45, 7) is 5.07. The van der Waals surface area contributed by atoms with Crippen molar-refractivity contribution >= 4 is 5.76 Å². The Labute approximate surface area is 166 Å². The molecule has 0 fully saturated rings. The normalized spacial score (nSPS) is 16.4. The molecule has 0 saturated heterocycles. The van der Waals surface area contributed by atoms with Gasteiger partial charge in [0, 0.05) is 11.1 Å². The van der Waals surface area contributed by atoms with Crippen LogP contribution in [-0.4, -0.2) is 6.61 Å². The molecular formula is C26H25FO. The maximum absolute atomic E-state index is 14.8. The number of aryl methyl sites for hydroxylation is 1. The number of hydrogen-bond acceptors (Lipinski definition) is 1. The highest BCUT2D eigenvalue weighted by Gasteiger charge is 2.13. The van der Waals surface area contributed by atoms with E-state index < -0.39 is 0 Å². The van der Waals surface area contributed by atoms with Crippen LogP contribution in [0, 0.1) is 11.7 Å². The van der Waals surface area contributed by atoms with Crippen LogP contribution in [0.25, 0.3) is 28.0 Å². The first-order valence-electron chi connectivity index (χ1n) is 9.96. The number of benzene rings is 3. The van der Waals surface area contributed by atoms with Crippen LogP contribution in [0.15, 0.2) is 72.8 Å². The van der Waals surface area contributed by atoms with Gasteiger partial charge in [0.25, 0.3) is 0 Å². The number of hydrogen-bond donors (Lipinski definition) is 0. The van der Waals surface area contributed by atoms with Crippen LogP contribution in [0.1, 0.15) is 31.4 Å². The van der Waals surface area contributed by atoms with Gasteiger partial charge in [0.05, 0.1) is 6.61 Å². The van der Waals surface area contributed by atoms with E-state index in [1.165, 1.54) is 5.56 Å². The second kappa shape index (κ2) is 8.02. The molecule has 1 atom stereocenters. The van der Waals surface area contributed by atoms with Crippen molar-refractivity contribution in [2.75, 3.05) is 6.61 Å². The highest BCUT2D eigenvalue weighted by Crippen LogP contribution is 2.30. The van der Waals surface area contributed by atoms with Gasteiger partial charge in [0.2, 0.25) is 0 Å². The van der Waals surface area contributed by atoms with Crippen molar-refractivity contribution in [3.05, 3.63) is 89.8 Å². The predicted octanol–water partition coefficient (Wildman–Crippen LogP) is 7.12. The molecule has 142 valence electrons. The SMILES string of the molecule is CCc1ccc(-c2ccc(-c3ccc(C4=CCC(C)CO4)cc3)cc2F)cc1. The summed E-state index contributed by atoms with van der Waals surface area (Å²) in [5.41, 5.74) is 5.76. The van der Waals surface area contributed by atoms with E-state index in [2.05, 4.69) is 32.1 Å². The molecule has 1 unspecified atom stereocenters. The fourth-order valence-electron chi connectivity index (χ4n) is 3.54. The summed E-state index contributed by atoms with van der Waals surface area (Å²) in [7, 11) is 0. The zero-order valence-corrected chi connectivity index (χ0v) is 16.4. The van der Waals surface area contributed by atoms with Crippen LogP contribution < -0.4 is 0 Å². The average molecular weight is 372 g/mol. The lowest BCUT2D eigenvalue weighted by atomic mass is 9.97. The standard InChI is InChI=1S/C26H25FO/c1-3-19-5-7-21(8-6-19)24-14-13-23(16-25(24)27)20-9-11-22(12-10-20)26-15-4-18(2)17-28-26/h5-16,18H,3-4,17H2,1-2H3. The average Bonchev–Trinajstić information content (AvgIpc) is 2.74. The lowest BCUT2D eigenvalue weighted by Gasteiger charge is -2.20. The largest absolute Gasteiger partial charge is 0.493 e. The van der Waals surface area contributed by atoms with Gasteiger partial charge in [0.1, 0.15) is 11.6 Å². The number of halogens is 1. The van der Waals surface area contributed by atoms with Crippen LogP contribution in [0.5, 0.6) is 0 Å². The van der Waals surface area contributed by atoms with E-state index in [0.29, 0.717) is 11.5 Å². The molecule has 2 heteroatoms. The topological polar surface area (TPSA) is 9.23 Å². The molecule has 0 spiro atoms. The van der Waals surface area contributed by atoms with Gasteiger partial charge in [-0.1, -0.05) is 74.5 Å². The van der Waals surface area contributed by atoms with Crippen LogP contribution in [0.2, 0.25) is 0 Å². The molecule has 0 bridgehead atoms. The highest BCUT2D eigenvalue weighted by molar-refractivity contribution is 5.72. The van der Waals surface area contributed by atoms with Gasteiger partial charge in [0.15, 0.2) is 0 Å². The molecular weight excluding hydrogens is 347 g/mol. The molecule has 0 radical (unpaired) electrons. The lowest BCUT2D eigenvalue weighted by Crippen LogP contribution is -2.09. The zero-order chi connectivity index (χ0) is 19.5. The molecule has 1 aliphatic rings. The molecule has 28 heavy (non-hydrogen) atoms. The summed E-state index contributed by atoms with van der Waals surface area (Å²) in [5, 5.41) is 0. The Balaban J connectivity index is 1.57. The van der Waals surface area contributed by atoms with Crippen molar-refractivity contribution in [3.63, 3.8) is 0 Å².